The Balaban J connectivity index is 1.87. The molecule has 92 valence electrons. The molecular formula is C12H23N3O. The minimum absolute atomic E-state index is 0.167. The Labute approximate surface area is 97.8 Å². The maximum atomic E-state index is 12.2. The average molecular weight is 225 g/mol. The molecule has 0 radical (unpaired) electrons. The lowest BCUT2D eigenvalue weighted by atomic mass is 10.1. The van der Waals surface area contributed by atoms with Crippen LogP contribution in [0.15, 0.2) is 0 Å². The van der Waals surface area contributed by atoms with E-state index in [4.69, 9.17) is 5.73 Å². The van der Waals surface area contributed by atoms with Gasteiger partial charge in [-0.05, 0) is 26.7 Å². The summed E-state index contributed by atoms with van der Waals surface area (Å²) in [6.07, 6.45) is 1.99. The topological polar surface area (TPSA) is 49.6 Å². The number of nitrogens with two attached hydrogens (primary N) is 1. The van der Waals surface area contributed by atoms with Gasteiger partial charge in [-0.3, -0.25) is 9.69 Å². The molecule has 1 heterocycles. The van der Waals surface area contributed by atoms with E-state index >= 15 is 0 Å². The van der Waals surface area contributed by atoms with Gasteiger partial charge in [-0.25, -0.2) is 0 Å². The zero-order valence-electron chi connectivity index (χ0n) is 10.4. The third kappa shape index (κ3) is 2.09. The van der Waals surface area contributed by atoms with Gasteiger partial charge in [0.1, 0.15) is 0 Å². The van der Waals surface area contributed by atoms with E-state index in [-0.39, 0.29) is 5.41 Å². The second kappa shape index (κ2) is 4.34. The van der Waals surface area contributed by atoms with Crippen LogP contribution in [0.25, 0.3) is 0 Å². The largest absolute Gasteiger partial charge is 0.340 e. The highest BCUT2D eigenvalue weighted by atomic mass is 16.2. The Morgan fingerprint density at radius 1 is 1.25 bits per heavy atom. The first kappa shape index (κ1) is 11.9. The summed E-state index contributed by atoms with van der Waals surface area (Å²) < 4.78 is 0. The fraction of sp³-hybridized carbons (Fsp3) is 0.917. The summed E-state index contributed by atoms with van der Waals surface area (Å²) in [4.78, 5) is 16.7. The third-order valence-corrected chi connectivity index (χ3v) is 4.03. The van der Waals surface area contributed by atoms with E-state index in [0.29, 0.717) is 18.5 Å². The van der Waals surface area contributed by atoms with E-state index in [0.717, 1.165) is 39.0 Å². The second-order valence-corrected chi connectivity index (χ2v) is 5.41. The third-order valence-electron chi connectivity index (χ3n) is 4.03. The van der Waals surface area contributed by atoms with Crippen molar-refractivity contribution in [2.24, 2.45) is 11.1 Å². The number of carbonyl (C=O) groups excluding carboxylic acids is 1. The number of piperazine rings is 1. The molecule has 1 aliphatic heterocycles. The summed E-state index contributed by atoms with van der Waals surface area (Å²) in [5, 5.41) is 0. The Kier molecular flexibility index (Phi) is 3.22. The van der Waals surface area contributed by atoms with Crippen LogP contribution in [0.5, 0.6) is 0 Å². The first-order valence-electron chi connectivity index (χ1n) is 6.32. The first-order chi connectivity index (χ1) is 7.59. The predicted octanol–water partition coefficient (Wildman–Crippen LogP) is 0.278. The molecule has 0 spiro atoms. The molecule has 0 aromatic carbocycles. The molecule has 2 fully saturated rings. The molecule has 1 aliphatic carbocycles. The Morgan fingerprint density at radius 2 is 1.81 bits per heavy atom. The number of hydrogen-bond acceptors (Lipinski definition) is 3. The maximum absolute atomic E-state index is 12.2. The van der Waals surface area contributed by atoms with Crippen molar-refractivity contribution in [2.45, 2.75) is 32.7 Å². The Morgan fingerprint density at radius 3 is 2.19 bits per heavy atom. The van der Waals surface area contributed by atoms with E-state index in [9.17, 15) is 4.79 Å². The zero-order valence-corrected chi connectivity index (χ0v) is 10.4. The molecule has 16 heavy (non-hydrogen) atoms. The number of hydrogen-bond donors (Lipinski definition) is 1. The van der Waals surface area contributed by atoms with E-state index in [1.165, 1.54) is 0 Å². The van der Waals surface area contributed by atoms with Crippen LogP contribution in [0.4, 0.5) is 0 Å². The van der Waals surface area contributed by atoms with Gasteiger partial charge in [0.15, 0.2) is 0 Å². The molecule has 4 heteroatoms. The minimum atomic E-state index is -0.167. The summed E-state index contributed by atoms with van der Waals surface area (Å²) in [5.74, 6) is 0.304. The molecule has 0 aromatic rings. The van der Waals surface area contributed by atoms with Crippen molar-refractivity contribution in [3.05, 3.63) is 0 Å². The maximum Gasteiger partial charge on any atom is 0.230 e. The van der Waals surface area contributed by atoms with Gasteiger partial charge in [-0.2, -0.15) is 0 Å². The molecule has 4 nitrogen and oxygen atoms in total. The van der Waals surface area contributed by atoms with Crippen LogP contribution in [-0.2, 0) is 4.79 Å². The van der Waals surface area contributed by atoms with Crippen molar-refractivity contribution >= 4 is 5.91 Å². The van der Waals surface area contributed by atoms with E-state index in [2.05, 4.69) is 18.7 Å². The van der Waals surface area contributed by atoms with Crippen molar-refractivity contribution in [1.29, 1.82) is 0 Å². The van der Waals surface area contributed by atoms with Gasteiger partial charge >= 0.3 is 0 Å². The Bertz CT molecular complexity index is 265. The summed E-state index contributed by atoms with van der Waals surface area (Å²) in [7, 11) is 0. The molecule has 2 rings (SSSR count). The summed E-state index contributed by atoms with van der Waals surface area (Å²) >= 11 is 0. The molecule has 0 bridgehead atoms. The molecule has 0 unspecified atom stereocenters. The normalized spacial score (nSPS) is 24.9. The lowest BCUT2D eigenvalue weighted by Gasteiger charge is -2.38. The van der Waals surface area contributed by atoms with Crippen LogP contribution in [0.3, 0.4) is 0 Å². The van der Waals surface area contributed by atoms with E-state index in [1.807, 2.05) is 4.90 Å². The number of rotatable bonds is 3. The molecule has 1 saturated carbocycles. The van der Waals surface area contributed by atoms with Crippen LogP contribution in [0.2, 0.25) is 0 Å². The summed E-state index contributed by atoms with van der Waals surface area (Å²) in [6.45, 7) is 8.70. The first-order valence-corrected chi connectivity index (χ1v) is 6.32. The molecule has 2 N–H and O–H groups in total. The lowest BCUT2D eigenvalue weighted by molar-refractivity contribution is -0.138. The van der Waals surface area contributed by atoms with Crippen LogP contribution in [-0.4, -0.2) is 54.5 Å². The SMILES string of the molecule is CC(C)N1CCN(C(=O)C2(CN)CC2)CC1. The highest BCUT2D eigenvalue weighted by Crippen LogP contribution is 2.46. The van der Waals surface area contributed by atoms with Gasteiger partial charge in [-0.1, -0.05) is 0 Å². The molecule has 0 atom stereocenters. The lowest BCUT2D eigenvalue weighted by Crippen LogP contribution is -2.53. The fourth-order valence-corrected chi connectivity index (χ4v) is 2.43. The average Bonchev–Trinajstić information content (AvgIpc) is 3.09. The van der Waals surface area contributed by atoms with Crippen LogP contribution in [0, 0.1) is 5.41 Å². The predicted molar refractivity (Wildman–Crippen MR) is 64.0 cm³/mol. The molecule has 2 aliphatic rings. The number of carbonyl (C=O) groups is 1. The van der Waals surface area contributed by atoms with Crippen molar-refractivity contribution < 1.29 is 4.79 Å². The Hall–Kier alpha value is -0.610. The quantitative estimate of drug-likeness (QED) is 0.750. The van der Waals surface area contributed by atoms with E-state index < -0.39 is 0 Å². The van der Waals surface area contributed by atoms with Gasteiger partial charge in [-0.15, -0.1) is 0 Å². The van der Waals surface area contributed by atoms with Crippen LogP contribution in [0.1, 0.15) is 26.7 Å². The van der Waals surface area contributed by atoms with E-state index in [1.54, 1.807) is 0 Å². The molecule has 1 amide bonds. The van der Waals surface area contributed by atoms with Crippen LogP contribution < -0.4 is 5.73 Å². The van der Waals surface area contributed by atoms with Gasteiger partial charge in [0.05, 0.1) is 5.41 Å². The second-order valence-electron chi connectivity index (χ2n) is 5.41. The van der Waals surface area contributed by atoms with Crippen molar-refractivity contribution in [2.75, 3.05) is 32.7 Å². The molecule has 0 aromatic heterocycles. The van der Waals surface area contributed by atoms with Crippen molar-refractivity contribution in [1.82, 2.24) is 9.80 Å². The summed E-state index contributed by atoms with van der Waals surface area (Å²) in [5.41, 5.74) is 5.53. The monoisotopic (exact) mass is 225 g/mol. The standard InChI is InChI=1S/C12H23N3O/c1-10(2)14-5-7-15(8-6-14)11(16)12(9-13)3-4-12/h10H,3-9,13H2,1-2H3. The zero-order chi connectivity index (χ0) is 11.8. The fourth-order valence-electron chi connectivity index (χ4n) is 2.43. The minimum Gasteiger partial charge on any atom is -0.340 e. The van der Waals surface area contributed by atoms with Crippen molar-refractivity contribution in [3.8, 4) is 0 Å². The van der Waals surface area contributed by atoms with Crippen LogP contribution >= 0.6 is 0 Å². The van der Waals surface area contributed by atoms with Gasteiger partial charge in [0.25, 0.3) is 0 Å². The van der Waals surface area contributed by atoms with Gasteiger partial charge in [0, 0.05) is 38.8 Å². The number of amides is 1. The van der Waals surface area contributed by atoms with Gasteiger partial charge in [0.2, 0.25) is 5.91 Å². The number of nitrogens with zero attached hydrogens (tertiary/aromatic N) is 2. The molecular weight excluding hydrogens is 202 g/mol. The highest BCUT2D eigenvalue weighted by Gasteiger charge is 2.50. The van der Waals surface area contributed by atoms with Crippen molar-refractivity contribution in [3.63, 3.8) is 0 Å². The smallest absolute Gasteiger partial charge is 0.230 e. The van der Waals surface area contributed by atoms with Gasteiger partial charge < -0.3 is 10.6 Å². The highest BCUT2D eigenvalue weighted by molar-refractivity contribution is 5.85. The molecule has 1 saturated heterocycles. The summed E-state index contributed by atoms with van der Waals surface area (Å²) in [6, 6.07) is 0.585.